The molecule has 6 heteroatoms. The standard InChI is InChI=1S/C10H10N4OS/c11-8-6-9(15)13-14(8)10(16)12-7-4-2-1-3-5-7/h1-6H,11H2,(H,12,16)(H,13,15). The van der Waals surface area contributed by atoms with Crippen molar-refractivity contribution < 1.29 is 0 Å². The molecule has 2 rings (SSSR count). The second-order valence-corrected chi connectivity index (χ2v) is 3.56. The normalized spacial score (nSPS) is 10.0. The van der Waals surface area contributed by atoms with Crippen LogP contribution in [0.2, 0.25) is 0 Å². The van der Waals surface area contributed by atoms with E-state index in [1.165, 1.54) is 10.7 Å². The van der Waals surface area contributed by atoms with Crippen LogP contribution in [0.4, 0.5) is 11.5 Å². The molecule has 0 aliphatic heterocycles. The Morgan fingerprint density at radius 1 is 1.38 bits per heavy atom. The molecule has 1 aromatic heterocycles. The van der Waals surface area contributed by atoms with Crippen LogP contribution < -0.4 is 16.6 Å². The van der Waals surface area contributed by atoms with Crippen LogP contribution in [0.5, 0.6) is 0 Å². The Morgan fingerprint density at radius 3 is 2.62 bits per heavy atom. The average Bonchev–Trinajstić information content (AvgIpc) is 2.59. The molecule has 2 aromatic rings. The molecule has 0 radical (unpaired) electrons. The van der Waals surface area contributed by atoms with Gasteiger partial charge in [-0.15, -0.1) is 0 Å². The van der Waals surface area contributed by atoms with E-state index in [9.17, 15) is 4.79 Å². The number of aromatic nitrogens is 2. The number of hydrogen-bond acceptors (Lipinski definition) is 3. The quantitative estimate of drug-likeness (QED) is 0.643. The van der Waals surface area contributed by atoms with E-state index in [0.29, 0.717) is 5.11 Å². The maximum absolute atomic E-state index is 11.0. The minimum Gasteiger partial charge on any atom is -0.383 e. The van der Waals surface area contributed by atoms with E-state index in [1.54, 1.807) is 0 Å². The average molecular weight is 234 g/mol. The third-order valence-electron chi connectivity index (χ3n) is 1.99. The van der Waals surface area contributed by atoms with Crippen molar-refractivity contribution in [2.45, 2.75) is 0 Å². The van der Waals surface area contributed by atoms with Gasteiger partial charge in [0.25, 0.3) is 5.56 Å². The lowest BCUT2D eigenvalue weighted by Gasteiger charge is -2.09. The molecule has 4 N–H and O–H groups in total. The first-order valence-electron chi connectivity index (χ1n) is 4.61. The Hall–Kier alpha value is -2.08. The number of thiocarbonyl (C=S) groups is 1. The fraction of sp³-hybridized carbons (Fsp3) is 0. The molecule has 1 heterocycles. The Kier molecular flexibility index (Phi) is 2.74. The number of para-hydroxylation sites is 1. The number of nitrogens with one attached hydrogen (secondary N) is 2. The fourth-order valence-corrected chi connectivity index (χ4v) is 1.54. The molecule has 5 nitrogen and oxygen atoms in total. The largest absolute Gasteiger partial charge is 0.383 e. The maximum atomic E-state index is 11.0. The maximum Gasteiger partial charge on any atom is 0.266 e. The molecule has 0 saturated carbocycles. The molecule has 0 aliphatic carbocycles. The van der Waals surface area contributed by atoms with Crippen molar-refractivity contribution >= 4 is 28.8 Å². The van der Waals surface area contributed by atoms with Gasteiger partial charge in [0.2, 0.25) is 0 Å². The first kappa shape index (κ1) is 10.4. The first-order valence-corrected chi connectivity index (χ1v) is 5.01. The van der Waals surface area contributed by atoms with E-state index in [4.69, 9.17) is 18.0 Å². The molecule has 0 saturated heterocycles. The lowest BCUT2D eigenvalue weighted by molar-refractivity contribution is 0.935. The van der Waals surface area contributed by atoms with Crippen molar-refractivity contribution in [2.24, 2.45) is 0 Å². The molecular weight excluding hydrogens is 224 g/mol. The van der Waals surface area contributed by atoms with E-state index in [-0.39, 0.29) is 11.4 Å². The van der Waals surface area contributed by atoms with Crippen LogP contribution in [0.3, 0.4) is 0 Å². The number of hydrogen-bond donors (Lipinski definition) is 3. The highest BCUT2D eigenvalue weighted by Gasteiger charge is 2.05. The molecule has 0 bridgehead atoms. The number of aromatic amines is 1. The summed E-state index contributed by atoms with van der Waals surface area (Å²) in [6.45, 7) is 0. The van der Waals surface area contributed by atoms with Crippen LogP contribution in [0, 0.1) is 0 Å². The van der Waals surface area contributed by atoms with Crippen LogP contribution in [-0.2, 0) is 0 Å². The van der Waals surface area contributed by atoms with Crippen molar-refractivity contribution in [3.05, 3.63) is 46.8 Å². The summed E-state index contributed by atoms with van der Waals surface area (Å²) in [7, 11) is 0. The van der Waals surface area contributed by atoms with Crippen LogP contribution in [0.1, 0.15) is 0 Å². The lowest BCUT2D eigenvalue weighted by atomic mass is 10.3. The van der Waals surface area contributed by atoms with Crippen LogP contribution in [-0.4, -0.2) is 14.9 Å². The van der Waals surface area contributed by atoms with Crippen molar-refractivity contribution in [3.8, 4) is 0 Å². The summed E-state index contributed by atoms with van der Waals surface area (Å²) in [5.41, 5.74) is 6.15. The zero-order valence-corrected chi connectivity index (χ0v) is 9.12. The van der Waals surface area contributed by atoms with Crippen molar-refractivity contribution in [1.82, 2.24) is 9.78 Å². The lowest BCUT2D eigenvalue weighted by Crippen LogP contribution is -2.23. The molecular formula is C10H10N4OS. The predicted octanol–water partition coefficient (Wildman–Crippen LogP) is 1.00. The van der Waals surface area contributed by atoms with E-state index >= 15 is 0 Å². The molecule has 0 unspecified atom stereocenters. The topological polar surface area (TPSA) is 75.8 Å². The molecule has 82 valence electrons. The van der Waals surface area contributed by atoms with Gasteiger partial charge in [-0.25, -0.2) is 4.68 Å². The van der Waals surface area contributed by atoms with Crippen molar-refractivity contribution in [2.75, 3.05) is 11.1 Å². The Morgan fingerprint density at radius 2 is 2.06 bits per heavy atom. The molecule has 0 spiro atoms. The van der Waals surface area contributed by atoms with Gasteiger partial charge in [0, 0.05) is 11.8 Å². The van der Waals surface area contributed by atoms with Gasteiger partial charge in [-0.1, -0.05) is 18.2 Å². The molecule has 0 aliphatic rings. The van der Waals surface area contributed by atoms with Crippen molar-refractivity contribution in [1.29, 1.82) is 0 Å². The van der Waals surface area contributed by atoms with Gasteiger partial charge in [-0.05, 0) is 24.4 Å². The predicted molar refractivity (Wildman–Crippen MR) is 67.5 cm³/mol. The Bertz CT molecular complexity index is 558. The summed E-state index contributed by atoms with van der Waals surface area (Å²) in [4.78, 5) is 11.0. The third-order valence-corrected chi connectivity index (χ3v) is 2.27. The Labute approximate surface area is 96.9 Å². The highest BCUT2D eigenvalue weighted by molar-refractivity contribution is 7.80. The van der Waals surface area contributed by atoms with Crippen LogP contribution in [0.25, 0.3) is 0 Å². The first-order chi connectivity index (χ1) is 7.66. The Balaban J connectivity index is 2.21. The minimum absolute atomic E-state index is 0.276. The summed E-state index contributed by atoms with van der Waals surface area (Å²) in [6, 6.07) is 10.7. The number of anilines is 2. The van der Waals surface area contributed by atoms with Crippen molar-refractivity contribution in [3.63, 3.8) is 0 Å². The summed E-state index contributed by atoms with van der Waals surface area (Å²) in [6.07, 6.45) is 0. The highest BCUT2D eigenvalue weighted by atomic mass is 32.1. The number of H-pyrrole nitrogens is 1. The SMILES string of the molecule is Nc1cc(=O)[nH]n1C(=S)Nc1ccccc1. The van der Waals surface area contributed by atoms with Gasteiger partial charge >= 0.3 is 0 Å². The number of benzene rings is 1. The number of rotatable bonds is 1. The zero-order valence-electron chi connectivity index (χ0n) is 8.31. The van der Waals surface area contributed by atoms with Gasteiger partial charge in [0.1, 0.15) is 5.82 Å². The minimum atomic E-state index is -0.283. The van der Waals surface area contributed by atoms with E-state index in [2.05, 4.69) is 10.4 Å². The number of nitrogens with two attached hydrogens (primary N) is 1. The van der Waals surface area contributed by atoms with Crippen LogP contribution in [0.15, 0.2) is 41.2 Å². The summed E-state index contributed by atoms with van der Waals surface area (Å²) >= 11 is 5.11. The van der Waals surface area contributed by atoms with E-state index < -0.39 is 0 Å². The van der Waals surface area contributed by atoms with Gasteiger partial charge in [0.15, 0.2) is 5.11 Å². The second-order valence-electron chi connectivity index (χ2n) is 3.18. The molecule has 16 heavy (non-hydrogen) atoms. The smallest absolute Gasteiger partial charge is 0.266 e. The highest BCUT2D eigenvalue weighted by Crippen LogP contribution is 2.06. The zero-order chi connectivity index (χ0) is 11.5. The second kappa shape index (κ2) is 4.19. The summed E-state index contributed by atoms with van der Waals surface area (Å²) in [5.74, 6) is 0.276. The molecule has 0 atom stereocenters. The van der Waals surface area contributed by atoms with Gasteiger partial charge in [0.05, 0.1) is 0 Å². The number of nitrogens with zero attached hydrogens (tertiary/aromatic N) is 1. The third kappa shape index (κ3) is 2.12. The molecule has 0 fully saturated rings. The summed E-state index contributed by atoms with van der Waals surface area (Å²) in [5, 5.41) is 5.78. The number of nitrogen functional groups attached to an aromatic ring is 1. The van der Waals surface area contributed by atoms with Gasteiger partial charge in [-0.2, -0.15) is 0 Å². The fourth-order valence-electron chi connectivity index (χ4n) is 1.27. The molecule has 0 amide bonds. The summed E-state index contributed by atoms with van der Waals surface area (Å²) < 4.78 is 1.32. The molecule has 1 aromatic carbocycles. The van der Waals surface area contributed by atoms with E-state index in [0.717, 1.165) is 5.69 Å². The van der Waals surface area contributed by atoms with Gasteiger partial charge in [-0.3, -0.25) is 9.89 Å². The van der Waals surface area contributed by atoms with Crippen LogP contribution >= 0.6 is 12.2 Å². The van der Waals surface area contributed by atoms with Gasteiger partial charge < -0.3 is 11.1 Å². The van der Waals surface area contributed by atoms with E-state index in [1.807, 2.05) is 30.3 Å². The monoisotopic (exact) mass is 234 g/mol.